The van der Waals surface area contributed by atoms with Gasteiger partial charge in [0, 0.05) is 24.7 Å². The van der Waals surface area contributed by atoms with Crippen LogP contribution in [0.2, 0.25) is 10.0 Å². The molecule has 2 aromatic rings. The van der Waals surface area contributed by atoms with E-state index in [1.807, 2.05) is 38.1 Å². The second-order valence-electron chi connectivity index (χ2n) is 4.92. The number of anilines is 2. The molecule has 1 atom stereocenters. The van der Waals surface area contributed by atoms with E-state index in [0.717, 1.165) is 11.5 Å². The topological polar surface area (TPSA) is 28.2 Å². The number of benzene rings is 1. The van der Waals surface area contributed by atoms with Gasteiger partial charge in [0.15, 0.2) is 0 Å². The van der Waals surface area contributed by atoms with E-state index in [1.54, 1.807) is 6.20 Å². The Balaban J connectivity index is 2.22. The fraction of sp³-hybridized carbons (Fsp3) is 0.267. The van der Waals surface area contributed by atoms with Crippen molar-refractivity contribution in [2.45, 2.75) is 13.0 Å². The minimum Gasteiger partial charge on any atom is -0.377 e. The van der Waals surface area contributed by atoms with Crippen LogP contribution in [-0.2, 0) is 0 Å². The number of halogens is 3. The maximum atomic E-state index is 13.6. The molecular formula is C15H16Cl2FN3. The Morgan fingerprint density at radius 2 is 1.90 bits per heavy atom. The molecule has 0 aliphatic heterocycles. The van der Waals surface area contributed by atoms with Crippen molar-refractivity contribution >= 4 is 34.7 Å². The second-order valence-corrected chi connectivity index (χ2v) is 5.71. The molecule has 3 nitrogen and oxygen atoms in total. The van der Waals surface area contributed by atoms with E-state index >= 15 is 0 Å². The van der Waals surface area contributed by atoms with Crippen LogP contribution in [-0.4, -0.2) is 19.1 Å². The van der Waals surface area contributed by atoms with Crippen LogP contribution < -0.4 is 10.2 Å². The predicted molar refractivity (Wildman–Crippen MR) is 87.0 cm³/mol. The fourth-order valence-corrected chi connectivity index (χ4v) is 2.70. The molecule has 0 bridgehead atoms. The minimum absolute atomic E-state index is 0.0420. The van der Waals surface area contributed by atoms with Crippen molar-refractivity contribution in [1.82, 2.24) is 4.98 Å². The highest BCUT2D eigenvalue weighted by molar-refractivity contribution is 6.36. The van der Waals surface area contributed by atoms with Crippen LogP contribution in [0, 0.1) is 5.82 Å². The Morgan fingerprint density at radius 3 is 2.48 bits per heavy atom. The first-order valence-electron chi connectivity index (χ1n) is 6.43. The number of rotatable bonds is 4. The van der Waals surface area contributed by atoms with Crippen LogP contribution in [0.3, 0.4) is 0 Å². The van der Waals surface area contributed by atoms with Gasteiger partial charge < -0.3 is 10.2 Å². The highest BCUT2D eigenvalue weighted by atomic mass is 35.5. The lowest BCUT2D eigenvalue weighted by atomic mass is 10.1. The van der Waals surface area contributed by atoms with Crippen LogP contribution in [0.25, 0.3) is 0 Å². The van der Waals surface area contributed by atoms with Crippen molar-refractivity contribution in [1.29, 1.82) is 0 Å². The van der Waals surface area contributed by atoms with Gasteiger partial charge in [-0.25, -0.2) is 9.37 Å². The zero-order valence-corrected chi connectivity index (χ0v) is 13.5. The molecule has 0 fully saturated rings. The second kappa shape index (κ2) is 6.50. The van der Waals surface area contributed by atoms with Gasteiger partial charge in [0.05, 0.1) is 22.9 Å². The van der Waals surface area contributed by atoms with Crippen molar-refractivity contribution < 1.29 is 4.39 Å². The third-order valence-corrected chi connectivity index (χ3v) is 3.82. The number of nitrogens with one attached hydrogen (secondary N) is 1. The normalized spacial score (nSPS) is 12.1. The third kappa shape index (κ3) is 3.57. The van der Waals surface area contributed by atoms with Crippen molar-refractivity contribution in [3.8, 4) is 0 Å². The Hall–Kier alpha value is -1.52. The molecular weight excluding hydrogens is 312 g/mol. The fourth-order valence-electron chi connectivity index (χ4n) is 2.00. The first kappa shape index (κ1) is 15.9. The number of hydrogen-bond donors (Lipinski definition) is 1. The molecule has 0 radical (unpaired) electrons. The first-order valence-corrected chi connectivity index (χ1v) is 7.19. The molecule has 0 amide bonds. The summed E-state index contributed by atoms with van der Waals surface area (Å²) < 4.78 is 13.6. The summed E-state index contributed by atoms with van der Waals surface area (Å²) in [6.07, 6.45) is 1.72. The zero-order valence-electron chi connectivity index (χ0n) is 12.0. The standard InChI is InChI=1S/C15H16Cl2FN3/c1-9(14-11(16)5-6-12(18)15(14)17)20-10-4-7-13(19-8-10)21(2)3/h4-9,20H,1-3H3. The van der Waals surface area contributed by atoms with E-state index in [0.29, 0.717) is 10.6 Å². The molecule has 1 unspecified atom stereocenters. The summed E-state index contributed by atoms with van der Waals surface area (Å²) in [5, 5.41) is 3.69. The summed E-state index contributed by atoms with van der Waals surface area (Å²) >= 11 is 12.1. The minimum atomic E-state index is -0.481. The molecule has 0 saturated heterocycles. The van der Waals surface area contributed by atoms with Gasteiger partial charge in [-0.05, 0) is 31.2 Å². The summed E-state index contributed by atoms with van der Waals surface area (Å²) in [4.78, 5) is 6.22. The van der Waals surface area contributed by atoms with Crippen molar-refractivity contribution in [2.75, 3.05) is 24.3 Å². The molecule has 2 rings (SSSR count). The molecule has 21 heavy (non-hydrogen) atoms. The lowest BCUT2D eigenvalue weighted by Gasteiger charge is -2.19. The van der Waals surface area contributed by atoms with Gasteiger partial charge in [-0.15, -0.1) is 0 Å². The zero-order chi connectivity index (χ0) is 15.6. The average molecular weight is 328 g/mol. The van der Waals surface area contributed by atoms with E-state index in [9.17, 15) is 4.39 Å². The Morgan fingerprint density at radius 1 is 1.19 bits per heavy atom. The van der Waals surface area contributed by atoms with Gasteiger partial charge in [-0.1, -0.05) is 23.2 Å². The van der Waals surface area contributed by atoms with Gasteiger partial charge in [-0.2, -0.15) is 0 Å². The number of aromatic nitrogens is 1. The smallest absolute Gasteiger partial charge is 0.142 e. The lowest BCUT2D eigenvalue weighted by Crippen LogP contribution is -2.12. The highest BCUT2D eigenvalue weighted by Crippen LogP contribution is 2.34. The van der Waals surface area contributed by atoms with E-state index < -0.39 is 5.82 Å². The molecule has 1 heterocycles. The van der Waals surface area contributed by atoms with Crippen LogP contribution in [0.5, 0.6) is 0 Å². The predicted octanol–water partition coefficient (Wildman–Crippen LogP) is 4.77. The van der Waals surface area contributed by atoms with Gasteiger partial charge in [0.2, 0.25) is 0 Å². The summed E-state index contributed by atoms with van der Waals surface area (Å²) in [5.41, 5.74) is 1.35. The summed E-state index contributed by atoms with van der Waals surface area (Å²) in [7, 11) is 3.84. The number of nitrogens with zero attached hydrogens (tertiary/aromatic N) is 2. The highest BCUT2D eigenvalue weighted by Gasteiger charge is 2.17. The molecule has 0 aliphatic rings. The molecule has 1 aromatic heterocycles. The Kier molecular flexibility index (Phi) is 4.91. The quantitative estimate of drug-likeness (QED) is 0.820. The monoisotopic (exact) mass is 327 g/mol. The van der Waals surface area contributed by atoms with E-state index in [-0.39, 0.29) is 11.1 Å². The molecule has 1 N–H and O–H groups in total. The molecule has 0 spiro atoms. The van der Waals surface area contributed by atoms with Crippen molar-refractivity contribution in [2.24, 2.45) is 0 Å². The maximum Gasteiger partial charge on any atom is 0.142 e. The molecule has 112 valence electrons. The van der Waals surface area contributed by atoms with Gasteiger partial charge >= 0.3 is 0 Å². The Labute approximate surface area is 133 Å². The third-order valence-electron chi connectivity index (χ3n) is 3.10. The molecule has 6 heteroatoms. The van der Waals surface area contributed by atoms with E-state index in [2.05, 4.69) is 10.3 Å². The SMILES string of the molecule is CC(Nc1ccc(N(C)C)nc1)c1c(Cl)ccc(F)c1Cl. The van der Waals surface area contributed by atoms with Gasteiger partial charge in [-0.3, -0.25) is 0 Å². The first-order chi connectivity index (χ1) is 9.90. The van der Waals surface area contributed by atoms with Gasteiger partial charge in [0.25, 0.3) is 0 Å². The van der Waals surface area contributed by atoms with Crippen LogP contribution in [0.4, 0.5) is 15.9 Å². The van der Waals surface area contributed by atoms with Crippen LogP contribution >= 0.6 is 23.2 Å². The van der Waals surface area contributed by atoms with Crippen LogP contribution in [0.1, 0.15) is 18.5 Å². The average Bonchev–Trinajstić information content (AvgIpc) is 2.44. The molecule has 0 saturated carbocycles. The van der Waals surface area contributed by atoms with Crippen molar-refractivity contribution in [3.63, 3.8) is 0 Å². The van der Waals surface area contributed by atoms with Gasteiger partial charge in [0.1, 0.15) is 11.6 Å². The van der Waals surface area contributed by atoms with Crippen molar-refractivity contribution in [3.05, 3.63) is 51.9 Å². The van der Waals surface area contributed by atoms with E-state index in [1.165, 1.54) is 12.1 Å². The van der Waals surface area contributed by atoms with Crippen LogP contribution in [0.15, 0.2) is 30.5 Å². The number of hydrogen-bond acceptors (Lipinski definition) is 3. The summed E-state index contributed by atoms with van der Waals surface area (Å²) in [6.45, 7) is 1.87. The molecule has 0 aliphatic carbocycles. The van der Waals surface area contributed by atoms with E-state index in [4.69, 9.17) is 23.2 Å². The maximum absolute atomic E-state index is 13.6. The Bertz CT molecular complexity index is 630. The summed E-state index contributed by atoms with van der Waals surface area (Å²) in [5.74, 6) is 0.376. The molecule has 1 aromatic carbocycles. The summed E-state index contributed by atoms with van der Waals surface area (Å²) in [6, 6.07) is 6.31. The largest absolute Gasteiger partial charge is 0.377 e. The lowest BCUT2D eigenvalue weighted by molar-refractivity contribution is 0.624. The number of pyridine rings is 1.